The lowest BCUT2D eigenvalue weighted by Gasteiger charge is -2.25. The van der Waals surface area contributed by atoms with E-state index < -0.39 is 16.1 Å². The molecule has 130 valence electrons. The van der Waals surface area contributed by atoms with Gasteiger partial charge >= 0.3 is 0 Å². The van der Waals surface area contributed by atoms with E-state index in [1.54, 1.807) is 18.7 Å². The van der Waals surface area contributed by atoms with E-state index in [9.17, 15) is 13.2 Å². The van der Waals surface area contributed by atoms with Crippen LogP contribution >= 0.6 is 0 Å². The maximum Gasteiger partial charge on any atom is 0.244 e. The van der Waals surface area contributed by atoms with Gasteiger partial charge < -0.3 is 4.90 Å². The highest BCUT2D eigenvalue weighted by Crippen LogP contribution is 2.20. The van der Waals surface area contributed by atoms with Crippen LogP contribution in [0.5, 0.6) is 0 Å². The van der Waals surface area contributed by atoms with Crippen molar-refractivity contribution in [2.45, 2.75) is 57.9 Å². The van der Waals surface area contributed by atoms with Gasteiger partial charge in [-0.25, -0.2) is 8.42 Å². The first-order valence-electron chi connectivity index (χ1n) is 8.05. The number of H-pyrrole nitrogens is 1. The zero-order chi connectivity index (χ0) is 17.2. The van der Waals surface area contributed by atoms with Gasteiger partial charge in [-0.1, -0.05) is 13.8 Å². The number of rotatable bonds is 6. The van der Waals surface area contributed by atoms with Crippen LogP contribution in [0.4, 0.5) is 0 Å². The fourth-order valence-electron chi connectivity index (χ4n) is 3.01. The van der Waals surface area contributed by atoms with Crippen molar-refractivity contribution < 1.29 is 13.2 Å². The molecule has 1 aromatic heterocycles. The van der Waals surface area contributed by atoms with Crippen LogP contribution in [0.3, 0.4) is 0 Å². The van der Waals surface area contributed by atoms with Gasteiger partial charge in [-0.3, -0.25) is 9.89 Å². The van der Waals surface area contributed by atoms with Crippen LogP contribution in [0, 0.1) is 19.8 Å². The second-order valence-corrected chi connectivity index (χ2v) is 8.25. The fourth-order valence-corrected chi connectivity index (χ4v) is 4.58. The lowest BCUT2D eigenvalue weighted by molar-refractivity contribution is -0.132. The van der Waals surface area contributed by atoms with E-state index in [0.29, 0.717) is 30.9 Å². The summed E-state index contributed by atoms with van der Waals surface area (Å²) in [4.78, 5) is 14.6. The minimum absolute atomic E-state index is 0.126. The molecule has 0 aliphatic carbocycles. The molecule has 1 aliphatic heterocycles. The molecule has 2 heterocycles. The third kappa shape index (κ3) is 4.11. The van der Waals surface area contributed by atoms with Crippen molar-refractivity contribution in [1.29, 1.82) is 0 Å². The van der Waals surface area contributed by atoms with Crippen LogP contribution in [-0.2, 0) is 14.8 Å². The summed E-state index contributed by atoms with van der Waals surface area (Å²) in [6, 6.07) is -0.730. The van der Waals surface area contributed by atoms with Crippen LogP contribution in [-0.4, -0.2) is 48.6 Å². The molecule has 2 N–H and O–H groups in total. The topological polar surface area (TPSA) is 95.2 Å². The van der Waals surface area contributed by atoms with Crippen molar-refractivity contribution in [3.05, 3.63) is 11.4 Å². The number of nitrogens with zero attached hydrogens (tertiary/aromatic N) is 2. The van der Waals surface area contributed by atoms with Crippen LogP contribution in [0.2, 0.25) is 0 Å². The maximum absolute atomic E-state index is 12.7. The SMILES string of the molecule is Cc1n[nH]c(C)c1S(=O)(=O)N[C@@H](CC(C)C)C(=O)N1CCCC1. The molecule has 1 aromatic rings. The smallest absolute Gasteiger partial charge is 0.244 e. The molecule has 1 amide bonds. The number of carbonyl (C=O) groups is 1. The number of aromatic nitrogens is 2. The summed E-state index contributed by atoms with van der Waals surface area (Å²) >= 11 is 0. The molecule has 7 nitrogen and oxygen atoms in total. The first-order valence-corrected chi connectivity index (χ1v) is 9.53. The number of hydrogen-bond acceptors (Lipinski definition) is 4. The van der Waals surface area contributed by atoms with Crippen molar-refractivity contribution in [2.75, 3.05) is 13.1 Å². The van der Waals surface area contributed by atoms with Gasteiger partial charge in [0, 0.05) is 13.1 Å². The summed E-state index contributed by atoms with van der Waals surface area (Å²) in [5.41, 5.74) is 0.888. The minimum atomic E-state index is -3.79. The maximum atomic E-state index is 12.7. The van der Waals surface area contributed by atoms with Gasteiger partial charge in [0.1, 0.15) is 10.9 Å². The lowest BCUT2D eigenvalue weighted by Crippen LogP contribution is -2.48. The molecular formula is C15H26N4O3S. The van der Waals surface area contributed by atoms with E-state index in [1.165, 1.54) is 0 Å². The number of hydrogen-bond donors (Lipinski definition) is 2. The average molecular weight is 342 g/mol. The van der Waals surface area contributed by atoms with Gasteiger partial charge in [-0.2, -0.15) is 9.82 Å². The zero-order valence-electron chi connectivity index (χ0n) is 14.2. The minimum Gasteiger partial charge on any atom is -0.341 e. The largest absolute Gasteiger partial charge is 0.341 e. The summed E-state index contributed by atoms with van der Waals surface area (Å²) in [5.74, 6) is 0.0828. The van der Waals surface area contributed by atoms with Crippen LogP contribution in [0.15, 0.2) is 4.90 Å². The molecule has 0 bridgehead atoms. The molecule has 2 rings (SSSR count). The first kappa shape index (κ1) is 17.9. The summed E-state index contributed by atoms with van der Waals surface area (Å²) in [6.07, 6.45) is 2.43. The van der Waals surface area contributed by atoms with Crippen molar-refractivity contribution in [2.24, 2.45) is 5.92 Å². The van der Waals surface area contributed by atoms with E-state index in [4.69, 9.17) is 0 Å². The molecular weight excluding hydrogens is 316 g/mol. The second-order valence-electron chi connectivity index (χ2n) is 6.60. The van der Waals surface area contributed by atoms with Gasteiger partial charge in [-0.05, 0) is 39.0 Å². The summed E-state index contributed by atoms with van der Waals surface area (Å²) in [7, 11) is -3.79. The predicted molar refractivity (Wildman–Crippen MR) is 87.4 cm³/mol. The van der Waals surface area contributed by atoms with Crippen molar-refractivity contribution in [3.8, 4) is 0 Å². The molecule has 0 spiro atoms. The van der Waals surface area contributed by atoms with E-state index in [0.717, 1.165) is 12.8 Å². The molecule has 0 aromatic carbocycles. The van der Waals surface area contributed by atoms with E-state index >= 15 is 0 Å². The number of aryl methyl sites for hydroxylation is 2. The number of aromatic amines is 1. The molecule has 1 fully saturated rings. The average Bonchev–Trinajstić information content (AvgIpc) is 3.06. The Hall–Kier alpha value is -1.41. The number of likely N-dealkylation sites (tertiary alicyclic amines) is 1. The normalized spacial score (nSPS) is 17.0. The Kier molecular flexibility index (Phi) is 5.46. The number of amides is 1. The highest BCUT2D eigenvalue weighted by Gasteiger charge is 2.32. The second kappa shape index (κ2) is 7.00. The van der Waals surface area contributed by atoms with Gasteiger partial charge in [0.15, 0.2) is 0 Å². The van der Waals surface area contributed by atoms with E-state index in [1.807, 2.05) is 13.8 Å². The Balaban J connectivity index is 2.24. The van der Waals surface area contributed by atoms with Gasteiger partial charge in [0.05, 0.1) is 11.4 Å². The standard InChI is InChI=1S/C15H26N4O3S/c1-10(2)9-13(15(20)19-7-5-6-8-19)18-23(21,22)14-11(3)16-17-12(14)4/h10,13,18H,5-9H2,1-4H3,(H,16,17)/t13-/m0/s1. The lowest BCUT2D eigenvalue weighted by atomic mass is 10.0. The quantitative estimate of drug-likeness (QED) is 0.815. The van der Waals surface area contributed by atoms with Crippen LogP contribution < -0.4 is 4.72 Å². The third-order valence-corrected chi connectivity index (χ3v) is 5.78. The Bertz CT molecular complexity index is 641. The van der Waals surface area contributed by atoms with Gasteiger partial charge in [-0.15, -0.1) is 0 Å². The predicted octanol–water partition coefficient (Wildman–Crippen LogP) is 1.34. The Morgan fingerprint density at radius 2 is 1.91 bits per heavy atom. The Morgan fingerprint density at radius 1 is 1.30 bits per heavy atom. The number of nitrogens with one attached hydrogen (secondary N) is 2. The number of sulfonamides is 1. The summed E-state index contributed by atoms with van der Waals surface area (Å²) in [6.45, 7) is 8.67. The summed E-state index contributed by atoms with van der Waals surface area (Å²) in [5, 5.41) is 6.61. The fraction of sp³-hybridized carbons (Fsp3) is 0.733. The van der Waals surface area contributed by atoms with Gasteiger partial charge in [0.25, 0.3) is 0 Å². The van der Waals surface area contributed by atoms with Crippen molar-refractivity contribution in [1.82, 2.24) is 19.8 Å². The number of carbonyl (C=O) groups excluding carboxylic acids is 1. The molecule has 1 aliphatic rings. The zero-order valence-corrected chi connectivity index (χ0v) is 15.0. The van der Waals surface area contributed by atoms with E-state index in [-0.39, 0.29) is 16.7 Å². The molecule has 0 radical (unpaired) electrons. The van der Waals surface area contributed by atoms with E-state index in [2.05, 4.69) is 14.9 Å². The van der Waals surface area contributed by atoms with Crippen LogP contribution in [0.25, 0.3) is 0 Å². The molecule has 0 saturated carbocycles. The highest BCUT2D eigenvalue weighted by atomic mass is 32.2. The first-order chi connectivity index (χ1) is 10.7. The Morgan fingerprint density at radius 3 is 2.39 bits per heavy atom. The monoisotopic (exact) mass is 342 g/mol. The molecule has 1 saturated heterocycles. The molecule has 8 heteroatoms. The highest BCUT2D eigenvalue weighted by molar-refractivity contribution is 7.89. The molecule has 0 unspecified atom stereocenters. The molecule has 1 atom stereocenters. The third-order valence-electron chi connectivity index (χ3n) is 4.05. The van der Waals surface area contributed by atoms with Crippen molar-refractivity contribution in [3.63, 3.8) is 0 Å². The van der Waals surface area contributed by atoms with Gasteiger partial charge in [0.2, 0.25) is 15.9 Å². The summed E-state index contributed by atoms with van der Waals surface area (Å²) < 4.78 is 28.0. The Labute approximate surface area is 137 Å². The van der Waals surface area contributed by atoms with Crippen molar-refractivity contribution >= 4 is 15.9 Å². The molecule has 23 heavy (non-hydrogen) atoms. The van der Waals surface area contributed by atoms with Crippen LogP contribution in [0.1, 0.15) is 44.5 Å².